The average Bonchev–Trinajstić information content (AvgIpc) is 3.10. The van der Waals surface area contributed by atoms with Crippen molar-refractivity contribution >= 4 is 22.3 Å². The number of rotatable bonds is 2. The highest BCUT2D eigenvalue weighted by molar-refractivity contribution is 5.84. The Labute approximate surface area is 156 Å². The fourth-order valence-corrected chi connectivity index (χ4v) is 3.61. The maximum absolute atomic E-state index is 12.6. The standard InChI is InChI=1S/C21H20N4O2/c1-14-4-7-25-13-18(23-20(25)10-14)17-11-15-2-3-16(12-19(15)27-21(17)26)24-8-5-22-6-9-24/h2-4,7,10-13,22H,5-6,8-9H2,1H3. The van der Waals surface area contributed by atoms with Crippen LogP contribution in [0.4, 0.5) is 5.69 Å². The Hall–Kier alpha value is -3.12. The monoisotopic (exact) mass is 360 g/mol. The molecule has 1 aliphatic heterocycles. The predicted octanol–water partition coefficient (Wildman–Crippen LogP) is 2.83. The van der Waals surface area contributed by atoms with Crippen LogP contribution in [0.5, 0.6) is 0 Å². The second-order valence-corrected chi connectivity index (χ2v) is 7.00. The van der Waals surface area contributed by atoms with Crippen molar-refractivity contribution in [3.63, 3.8) is 0 Å². The van der Waals surface area contributed by atoms with Crippen LogP contribution in [0, 0.1) is 6.92 Å². The highest BCUT2D eigenvalue weighted by atomic mass is 16.4. The van der Waals surface area contributed by atoms with E-state index in [1.165, 1.54) is 0 Å². The normalized spacial score (nSPS) is 14.9. The zero-order chi connectivity index (χ0) is 18.4. The molecule has 0 bridgehead atoms. The van der Waals surface area contributed by atoms with Gasteiger partial charge in [0.15, 0.2) is 0 Å². The lowest BCUT2D eigenvalue weighted by atomic mass is 10.1. The largest absolute Gasteiger partial charge is 0.422 e. The summed E-state index contributed by atoms with van der Waals surface area (Å²) in [6.45, 7) is 5.86. The van der Waals surface area contributed by atoms with Gasteiger partial charge in [-0.2, -0.15) is 0 Å². The molecule has 0 spiro atoms. The Morgan fingerprint density at radius 2 is 1.96 bits per heavy atom. The molecule has 0 unspecified atom stereocenters. The van der Waals surface area contributed by atoms with Gasteiger partial charge in [-0.3, -0.25) is 0 Å². The quantitative estimate of drug-likeness (QED) is 0.557. The molecule has 6 heteroatoms. The third-order valence-electron chi connectivity index (χ3n) is 5.09. The van der Waals surface area contributed by atoms with E-state index < -0.39 is 0 Å². The van der Waals surface area contributed by atoms with Crippen LogP contribution in [-0.2, 0) is 0 Å². The third kappa shape index (κ3) is 2.88. The highest BCUT2D eigenvalue weighted by Crippen LogP contribution is 2.25. The van der Waals surface area contributed by atoms with Crippen LogP contribution in [0.15, 0.2) is 58.0 Å². The van der Waals surface area contributed by atoms with E-state index in [1.807, 2.05) is 54.0 Å². The fourth-order valence-electron chi connectivity index (χ4n) is 3.61. The van der Waals surface area contributed by atoms with Gasteiger partial charge in [0.25, 0.3) is 0 Å². The Morgan fingerprint density at radius 1 is 1.11 bits per heavy atom. The Bertz CT molecular complexity index is 1200. The van der Waals surface area contributed by atoms with Gasteiger partial charge in [-0.15, -0.1) is 0 Å². The molecule has 3 aromatic heterocycles. The number of benzene rings is 1. The number of nitrogens with one attached hydrogen (secondary N) is 1. The van der Waals surface area contributed by atoms with E-state index >= 15 is 0 Å². The van der Waals surface area contributed by atoms with E-state index in [1.54, 1.807) is 0 Å². The molecule has 1 N–H and O–H groups in total. The van der Waals surface area contributed by atoms with Crippen molar-refractivity contribution in [3.8, 4) is 11.3 Å². The number of anilines is 1. The summed E-state index contributed by atoms with van der Waals surface area (Å²) >= 11 is 0. The zero-order valence-corrected chi connectivity index (χ0v) is 15.1. The lowest BCUT2D eigenvalue weighted by molar-refractivity contribution is 0.561. The molecule has 1 saturated heterocycles. The minimum absolute atomic E-state index is 0.361. The molecule has 27 heavy (non-hydrogen) atoms. The van der Waals surface area contributed by atoms with E-state index in [2.05, 4.69) is 21.3 Å². The van der Waals surface area contributed by atoms with Crippen molar-refractivity contribution in [2.75, 3.05) is 31.1 Å². The summed E-state index contributed by atoms with van der Waals surface area (Å²) in [6, 6.07) is 11.9. The van der Waals surface area contributed by atoms with Crippen LogP contribution in [0.1, 0.15) is 5.56 Å². The molecule has 4 heterocycles. The van der Waals surface area contributed by atoms with Crippen LogP contribution >= 0.6 is 0 Å². The molecule has 1 fully saturated rings. The molecule has 0 amide bonds. The predicted molar refractivity (Wildman–Crippen MR) is 106 cm³/mol. The number of aromatic nitrogens is 2. The second-order valence-electron chi connectivity index (χ2n) is 7.00. The van der Waals surface area contributed by atoms with Crippen LogP contribution in [0.3, 0.4) is 0 Å². The summed E-state index contributed by atoms with van der Waals surface area (Å²) in [5.41, 5.74) is 4.40. The number of pyridine rings is 1. The fraction of sp³-hybridized carbons (Fsp3) is 0.238. The van der Waals surface area contributed by atoms with E-state index in [0.717, 1.165) is 48.5 Å². The molecular formula is C21H20N4O2. The molecule has 0 radical (unpaired) electrons. The first kappa shape index (κ1) is 16.1. The molecular weight excluding hydrogens is 340 g/mol. The first-order valence-electron chi connectivity index (χ1n) is 9.17. The first-order chi connectivity index (χ1) is 13.2. The van der Waals surface area contributed by atoms with Gasteiger partial charge in [-0.05, 0) is 42.8 Å². The van der Waals surface area contributed by atoms with Gasteiger partial charge in [0.1, 0.15) is 11.2 Å². The minimum atomic E-state index is -0.361. The summed E-state index contributed by atoms with van der Waals surface area (Å²) in [5.74, 6) is 0. The lowest BCUT2D eigenvalue weighted by Gasteiger charge is -2.29. The number of hydrogen-bond acceptors (Lipinski definition) is 5. The Balaban J connectivity index is 1.58. The second kappa shape index (κ2) is 6.25. The van der Waals surface area contributed by atoms with E-state index in [0.29, 0.717) is 16.8 Å². The number of hydrogen-bond donors (Lipinski definition) is 1. The molecule has 1 aliphatic rings. The van der Waals surface area contributed by atoms with Crippen molar-refractivity contribution < 1.29 is 4.42 Å². The molecule has 5 rings (SSSR count). The number of imidazole rings is 1. The summed E-state index contributed by atoms with van der Waals surface area (Å²) in [5, 5.41) is 4.25. The Kier molecular flexibility index (Phi) is 3.72. The molecule has 0 aliphatic carbocycles. The maximum Gasteiger partial charge on any atom is 0.345 e. The number of nitrogens with zero attached hydrogens (tertiary/aromatic N) is 3. The van der Waals surface area contributed by atoms with E-state index in [9.17, 15) is 4.79 Å². The average molecular weight is 360 g/mol. The Morgan fingerprint density at radius 3 is 2.81 bits per heavy atom. The van der Waals surface area contributed by atoms with Crippen molar-refractivity contribution in [2.45, 2.75) is 6.92 Å². The van der Waals surface area contributed by atoms with E-state index in [4.69, 9.17) is 4.42 Å². The summed E-state index contributed by atoms with van der Waals surface area (Å²) in [4.78, 5) is 19.5. The van der Waals surface area contributed by atoms with Gasteiger partial charge < -0.3 is 19.0 Å². The summed E-state index contributed by atoms with van der Waals surface area (Å²) in [7, 11) is 0. The third-order valence-corrected chi connectivity index (χ3v) is 5.09. The smallest absolute Gasteiger partial charge is 0.345 e. The molecule has 0 atom stereocenters. The lowest BCUT2D eigenvalue weighted by Crippen LogP contribution is -2.43. The molecule has 1 aromatic carbocycles. The summed E-state index contributed by atoms with van der Waals surface area (Å²) < 4.78 is 7.57. The van der Waals surface area contributed by atoms with Crippen LogP contribution in [0.25, 0.3) is 27.9 Å². The van der Waals surface area contributed by atoms with Crippen molar-refractivity contribution in [3.05, 3.63) is 64.8 Å². The maximum atomic E-state index is 12.6. The zero-order valence-electron chi connectivity index (χ0n) is 15.1. The molecule has 0 saturated carbocycles. The van der Waals surface area contributed by atoms with Gasteiger partial charge in [-0.25, -0.2) is 9.78 Å². The highest BCUT2D eigenvalue weighted by Gasteiger charge is 2.14. The van der Waals surface area contributed by atoms with Gasteiger partial charge in [0, 0.05) is 55.7 Å². The topological polar surface area (TPSA) is 62.8 Å². The molecule has 4 aromatic rings. The SMILES string of the molecule is Cc1ccn2cc(-c3cc4ccc(N5CCNCC5)cc4oc3=O)nc2c1. The molecule has 6 nitrogen and oxygen atoms in total. The van der Waals surface area contributed by atoms with Crippen molar-refractivity contribution in [2.24, 2.45) is 0 Å². The number of aryl methyl sites for hydroxylation is 1. The van der Waals surface area contributed by atoms with Crippen LogP contribution < -0.4 is 15.8 Å². The van der Waals surface area contributed by atoms with Crippen molar-refractivity contribution in [1.82, 2.24) is 14.7 Å². The van der Waals surface area contributed by atoms with Gasteiger partial charge in [0.2, 0.25) is 0 Å². The van der Waals surface area contributed by atoms with Gasteiger partial charge >= 0.3 is 5.63 Å². The first-order valence-corrected chi connectivity index (χ1v) is 9.17. The van der Waals surface area contributed by atoms with Crippen LogP contribution in [-0.4, -0.2) is 35.6 Å². The van der Waals surface area contributed by atoms with E-state index in [-0.39, 0.29) is 5.63 Å². The summed E-state index contributed by atoms with van der Waals surface area (Å²) in [6.07, 6.45) is 3.81. The van der Waals surface area contributed by atoms with Crippen LogP contribution in [0.2, 0.25) is 0 Å². The minimum Gasteiger partial charge on any atom is -0.422 e. The molecule has 136 valence electrons. The van der Waals surface area contributed by atoms with Gasteiger partial charge in [-0.1, -0.05) is 0 Å². The number of piperazine rings is 1. The number of fused-ring (bicyclic) bond motifs is 2. The van der Waals surface area contributed by atoms with Crippen molar-refractivity contribution in [1.29, 1.82) is 0 Å². The van der Waals surface area contributed by atoms with Gasteiger partial charge in [0.05, 0.1) is 11.3 Å².